The van der Waals surface area contributed by atoms with Gasteiger partial charge in [0.25, 0.3) is 5.91 Å². The third-order valence-corrected chi connectivity index (χ3v) is 3.94. The Morgan fingerprint density at radius 1 is 1.25 bits per heavy atom. The zero-order valence-corrected chi connectivity index (χ0v) is 15.0. The SMILES string of the molecule is CC(OC(=O)c1ccc(OCC(F)(F)F)nc1)C(=O)NC(=O)NC1CCCC1. The molecule has 1 atom stereocenters. The van der Waals surface area contributed by atoms with Gasteiger partial charge in [0.15, 0.2) is 12.7 Å². The highest BCUT2D eigenvalue weighted by molar-refractivity contribution is 5.98. The maximum absolute atomic E-state index is 12.1. The Bertz CT molecular complexity index is 703. The quantitative estimate of drug-likeness (QED) is 0.706. The van der Waals surface area contributed by atoms with E-state index >= 15 is 0 Å². The van der Waals surface area contributed by atoms with Crippen molar-refractivity contribution in [3.05, 3.63) is 23.9 Å². The molecule has 2 N–H and O–H groups in total. The second-order valence-electron chi connectivity index (χ2n) is 6.28. The number of imide groups is 1. The first-order chi connectivity index (χ1) is 13.1. The summed E-state index contributed by atoms with van der Waals surface area (Å²) in [5, 5.41) is 4.76. The number of urea groups is 1. The van der Waals surface area contributed by atoms with Crippen LogP contribution in [0.1, 0.15) is 43.0 Å². The number of alkyl halides is 3. The second kappa shape index (κ2) is 9.38. The summed E-state index contributed by atoms with van der Waals surface area (Å²) >= 11 is 0. The van der Waals surface area contributed by atoms with Gasteiger partial charge < -0.3 is 14.8 Å². The van der Waals surface area contributed by atoms with Gasteiger partial charge in [-0.1, -0.05) is 12.8 Å². The van der Waals surface area contributed by atoms with Crippen molar-refractivity contribution in [1.82, 2.24) is 15.6 Å². The number of hydrogen-bond acceptors (Lipinski definition) is 6. The molecule has 3 amide bonds. The fraction of sp³-hybridized carbons (Fsp3) is 0.529. The predicted molar refractivity (Wildman–Crippen MR) is 89.6 cm³/mol. The monoisotopic (exact) mass is 403 g/mol. The molecule has 1 heterocycles. The van der Waals surface area contributed by atoms with Crippen LogP contribution in [0.15, 0.2) is 18.3 Å². The molecule has 154 valence electrons. The van der Waals surface area contributed by atoms with E-state index in [9.17, 15) is 27.6 Å². The lowest BCUT2D eigenvalue weighted by Gasteiger charge is -2.15. The van der Waals surface area contributed by atoms with E-state index < -0.39 is 36.8 Å². The summed E-state index contributed by atoms with van der Waals surface area (Å²) in [5.41, 5.74) is -0.0885. The van der Waals surface area contributed by atoms with Gasteiger partial charge in [-0.25, -0.2) is 14.6 Å². The molecule has 1 aliphatic rings. The van der Waals surface area contributed by atoms with Gasteiger partial charge in [-0.2, -0.15) is 13.2 Å². The normalized spacial score (nSPS) is 15.6. The van der Waals surface area contributed by atoms with Crippen LogP contribution in [-0.4, -0.2) is 47.8 Å². The number of halogens is 3. The lowest BCUT2D eigenvalue weighted by molar-refractivity contribution is -0.154. The van der Waals surface area contributed by atoms with Crippen molar-refractivity contribution in [1.29, 1.82) is 0 Å². The Labute approximate surface area is 158 Å². The van der Waals surface area contributed by atoms with Crippen LogP contribution >= 0.6 is 0 Å². The number of carbonyl (C=O) groups excluding carboxylic acids is 3. The minimum atomic E-state index is -4.51. The van der Waals surface area contributed by atoms with Crippen molar-refractivity contribution >= 4 is 17.9 Å². The average molecular weight is 403 g/mol. The minimum absolute atomic E-state index is 0.0230. The molecular weight excluding hydrogens is 383 g/mol. The molecule has 1 unspecified atom stereocenters. The largest absolute Gasteiger partial charge is 0.468 e. The number of rotatable bonds is 6. The fourth-order valence-electron chi connectivity index (χ4n) is 2.53. The van der Waals surface area contributed by atoms with Crippen molar-refractivity contribution in [2.75, 3.05) is 6.61 Å². The molecule has 1 aliphatic carbocycles. The summed E-state index contributed by atoms with van der Waals surface area (Å²) in [6, 6.07) is 1.59. The first-order valence-electron chi connectivity index (χ1n) is 8.62. The lowest BCUT2D eigenvalue weighted by Crippen LogP contribution is -2.47. The molecule has 0 bridgehead atoms. The number of aromatic nitrogens is 1. The Morgan fingerprint density at radius 3 is 2.50 bits per heavy atom. The molecule has 2 rings (SSSR count). The summed E-state index contributed by atoms with van der Waals surface area (Å²) < 4.78 is 45.6. The summed E-state index contributed by atoms with van der Waals surface area (Å²) in [5.74, 6) is -2.04. The Balaban J connectivity index is 1.80. The summed E-state index contributed by atoms with van der Waals surface area (Å²) in [6.45, 7) is -0.228. The van der Waals surface area contributed by atoms with Crippen molar-refractivity contribution in [2.45, 2.75) is 50.9 Å². The van der Waals surface area contributed by atoms with Gasteiger partial charge in [0, 0.05) is 18.3 Å². The van der Waals surface area contributed by atoms with E-state index in [2.05, 4.69) is 20.4 Å². The molecule has 1 aromatic rings. The number of amides is 3. The first kappa shape index (κ1) is 21.5. The fourth-order valence-corrected chi connectivity index (χ4v) is 2.53. The number of esters is 1. The van der Waals surface area contributed by atoms with Gasteiger partial charge >= 0.3 is 18.2 Å². The summed E-state index contributed by atoms with van der Waals surface area (Å²) in [7, 11) is 0. The number of hydrogen-bond donors (Lipinski definition) is 2. The molecule has 1 aromatic heterocycles. The van der Waals surface area contributed by atoms with E-state index in [1.54, 1.807) is 0 Å². The van der Waals surface area contributed by atoms with E-state index in [4.69, 9.17) is 4.74 Å². The third-order valence-electron chi connectivity index (χ3n) is 3.94. The molecule has 28 heavy (non-hydrogen) atoms. The molecule has 8 nitrogen and oxygen atoms in total. The highest BCUT2D eigenvalue weighted by Gasteiger charge is 2.29. The van der Waals surface area contributed by atoms with Crippen molar-refractivity contribution in [3.63, 3.8) is 0 Å². The van der Waals surface area contributed by atoms with Crippen molar-refractivity contribution < 1.29 is 37.0 Å². The van der Waals surface area contributed by atoms with Gasteiger partial charge in [-0.3, -0.25) is 10.1 Å². The van der Waals surface area contributed by atoms with Crippen LogP contribution < -0.4 is 15.4 Å². The second-order valence-corrected chi connectivity index (χ2v) is 6.28. The maximum atomic E-state index is 12.1. The number of nitrogens with one attached hydrogen (secondary N) is 2. The standard InChI is InChI=1S/C17H20F3N3O5/c1-10(14(24)23-16(26)22-12-4-2-3-5-12)28-15(25)11-6-7-13(21-8-11)27-9-17(18,19)20/h6-8,10,12H,2-5,9H2,1H3,(H2,22,23,24,26). The summed E-state index contributed by atoms with van der Waals surface area (Å²) in [6.07, 6.45) is -1.08. The van der Waals surface area contributed by atoms with E-state index in [1.807, 2.05) is 0 Å². The van der Waals surface area contributed by atoms with E-state index in [1.165, 1.54) is 6.92 Å². The van der Waals surface area contributed by atoms with Gasteiger partial charge in [-0.15, -0.1) is 0 Å². The Kier molecular flexibility index (Phi) is 7.18. The van der Waals surface area contributed by atoms with Crippen molar-refractivity contribution in [3.8, 4) is 5.88 Å². The van der Waals surface area contributed by atoms with Gasteiger partial charge in [0.2, 0.25) is 5.88 Å². The highest BCUT2D eigenvalue weighted by Crippen LogP contribution is 2.18. The van der Waals surface area contributed by atoms with Gasteiger partial charge in [-0.05, 0) is 25.8 Å². The van der Waals surface area contributed by atoms with Crippen LogP contribution in [0.5, 0.6) is 5.88 Å². The average Bonchev–Trinajstić information content (AvgIpc) is 3.12. The zero-order valence-electron chi connectivity index (χ0n) is 15.0. The number of pyridine rings is 1. The molecule has 11 heteroatoms. The van der Waals surface area contributed by atoms with Crippen LogP contribution in [0, 0.1) is 0 Å². The first-order valence-corrected chi connectivity index (χ1v) is 8.62. The number of ether oxygens (including phenoxy) is 2. The Hall–Kier alpha value is -2.85. The van der Waals surface area contributed by atoms with Crippen LogP contribution in [-0.2, 0) is 9.53 Å². The molecule has 0 aliphatic heterocycles. The van der Waals surface area contributed by atoms with Gasteiger partial charge in [0.05, 0.1) is 5.56 Å². The Morgan fingerprint density at radius 2 is 1.93 bits per heavy atom. The van der Waals surface area contributed by atoms with E-state index in [-0.39, 0.29) is 17.5 Å². The van der Waals surface area contributed by atoms with Crippen LogP contribution in [0.25, 0.3) is 0 Å². The van der Waals surface area contributed by atoms with Crippen LogP contribution in [0.4, 0.5) is 18.0 Å². The van der Waals surface area contributed by atoms with Crippen molar-refractivity contribution in [2.24, 2.45) is 0 Å². The molecule has 0 spiro atoms. The molecule has 1 saturated carbocycles. The lowest BCUT2D eigenvalue weighted by atomic mass is 10.2. The molecule has 0 saturated heterocycles. The number of carbonyl (C=O) groups is 3. The molecular formula is C17H20F3N3O5. The zero-order chi connectivity index (χ0) is 20.7. The van der Waals surface area contributed by atoms with Gasteiger partial charge in [0.1, 0.15) is 0 Å². The minimum Gasteiger partial charge on any atom is -0.468 e. The van der Waals surface area contributed by atoms with Crippen LogP contribution in [0.2, 0.25) is 0 Å². The smallest absolute Gasteiger partial charge is 0.422 e. The molecule has 0 aromatic carbocycles. The molecule has 0 radical (unpaired) electrons. The van der Waals surface area contributed by atoms with Crippen LogP contribution in [0.3, 0.4) is 0 Å². The van der Waals surface area contributed by atoms with E-state index in [0.29, 0.717) is 0 Å². The molecule has 1 fully saturated rings. The topological polar surface area (TPSA) is 107 Å². The summed E-state index contributed by atoms with van der Waals surface area (Å²) in [4.78, 5) is 39.2. The predicted octanol–water partition coefficient (Wildman–Crippen LogP) is 2.34. The van der Waals surface area contributed by atoms with E-state index in [0.717, 1.165) is 44.0 Å². The third kappa shape index (κ3) is 7.05. The number of nitrogens with zero attached hydrogens (tertiary/aromatic N) is 1. The maximum Gasteiger partial charge on any atom is 0.422 e. The highest BCUT2D eigenvalue weighted by atomic mass is 19.4.